The molecule has 0 aliphatic heterocycles. The van der Waals surface area contributed by atoms with E-state index in [-0.39, 0.29) is 18.2 Å². The summed E-state index contributed by atoms with van der Waals surface area (Å²) in [5, 5.41) is 6.24. The standard InChI is InChI=1S/C5H4F3N3.ClH/c6-5(7,8)3-1-4(9)11-10-2-3;/h1-2H,(H2,9,11);1H. The molecule has 1 aromatic heterocycles. The Hall–Kier alpha value is -1.04. The molecule has 0 bridgehead atoms. The Morgan fingerprint density at radius 2 is 1.92 bits per heavy atom. The predicted octanol–water partition coefficient (Wildman–Crippen LogP) is 1.50. The molecule has 1 aromatic rings. The summed E-state index contributed by atoms with van der Waals surface area (Å²) in [6.07, 6.45) is -3.78. The summed E-state index contributed by atoms with van der Waals surface area (Å²) in [5.74, 6) is -0.236. The molecule has 1 heterocycles. The molecule has 0 amide bonds. The SMILES string of the molecule is Cl.Nc1cc(C(F)(F)F)cnn1. The van der Waals surface area contributed by atoms with E-state index in [0.29, 0.717) is 6.20 Å². The van der Waals surface area contributed by atoms with E-state index >= 15 is 0 Å². The molecule has 0 aliphatic carbocycles. The average Bonchev–Trinajstić information content (AvgIpc) is 1.86. The van der Waals surface area contributed by atoms with Crippen LogP contribution < -0.4 is 5.73 Å². The van der Waals surface area contributed by atoms with Gasteiger partial charge in [0, 0.05) is 0 Å². The number of nitrogens with two attached hydrogens (primary N) is 1. The number of aromatic nitrogens is 2. The molecule has 0 unspecified atom stereocenters. The molecule has 0 aromatic carbocycles. The van der Waals surface area contributed by atoms with Crippen molar-refractivity contribution in [3.05, 3.63) is 17.8 Å². The zero-order valence-electron chi connectivity index (χ0n) is 5.67. The highest BCUT2D eigenvalue weighted by Crippen LogP contribution is 2.28. The van der Waals surface area contributed by atoms with Crippen molar-refractivity contribution < 1.29 is 13.2 Å². The van der Waals surface area contributed by atoms with Gasteiger partial charge < -0.3 is 5.73 Å². The summed E-state index contributed by atoms with van der Waals surface area (Å²) in [4.78, 5) is 0. The fourth-order valence-corrected chi connectivity index (χ4v) is 0.538. The first-order valence-corrected chi connectivity index (χ1v) is 2.65. The summed E-state index contributed by atoms with van der Waals surface area (Å²) >= 11 is 0. The largest absolute Gasteiger partial charge is 0.418 e. The van der Waals surface area contributed by atoms with Crippen LogP contribution in [0.4, 0.5) is 19.0 Å². The second-order valence-corrected chi connectivity index (χ2v) is 1.87. The third kappa shape index (κ3) is 2.54. The van der Waals surface area contributed by atoms with Gasteiger partial charge in [0.2, 0.25) is 0 Å². The lowest BCUT2D eigenvalue weighted by Gasteiger charge is -2.04. The van der Waals surface area contributed by atoms with Gasteiger partial charge >= 0.3 is 6.18 Å². The van der Waals surface area contributed by atoms with Gasteiger partial charge in [-0.25, -0.2) is 0 Å². The van der Waals surface area contributed by atoms with Crippen molar-refractivity contribution in [1.29, 1.82) is 0 Å². The molecule has 7 heteroatoms. The number of rotatable bonds is 0. The van der Waals surface area contributed by atoms with Gasteiger partial charge in [0.15, 0.2) is 0 Å². The lowest BCUT2D eigenvalue weighted by Crippen LogP contribution is -2.07. The number of nitrogen functional groups attached to an aromatic ring is 1. The van der Waals surface area contributed by atoms with Crippen LogP contribution in [0, 0.1) is 0 Å². The van der Waals surface area contributed by atoms with E-state index in [0.717, 1.165) is 6.07 Å². The third-order valence-electron chi connectivity index (χ3n) is 1.00. The van der Waals surface area contributed by atoms with Crippen LogP contribution >= 0.6 is 12.4 Å². The van der Waals surface area contributed by atoms with Gasteiger partial charge in [0.1, 0.15) is 5.82 Å². The predicted molar refractivity (Wildman–Crippen MR) is 38.7 cm³/mol. The fourth-order valence-electron chi connectivity index (χ4n) is 0.538. The van der Waals surface area contributed by atoms with Crippen molar-refractivity contribution >= 4 is 18.2 Å². The van der Waals surface area contributed by atoms with Crippen molar-refractivity contribution in [3.8, 4) is 0 Å². The number of halogens is 4. The monoisotopic (exact) mass is 199 g/mol. The molecule has 0 spiro atoms. The highest BCUT2D eigenvalue weighted by atomic mass is 35.5. The molecular weight excluding hydrogens is 195 g/mol. The van der Waals surface area contributed by atoms with Crippen LogP contribution in [0.15, 0.2) is 12.3 Å². The maximum Gasteiger partial charge on any atom is 0.418 e. The summed E-state index contributed by atoms with van der Waals surface area (Å²) in [6, 6.07) is 0.729. The molecule has 3 nitrogen and oxygen atoms in total. The highest BCUT2D eigenvalue weighted by molar-refractivity contribution is 5.85. The van der Waals surface area contributed by atoms with Gasteiger partial charge in [-0.1, -0.05) is 0 Å². The highest BCUT2D eigenvalue weighted by Gasteiger charge is 2.31. The molecule has 68 valence electrons. The fraction of sp³-hybridized carbons (Fsp3) is 0.200. The first-order chi connectivity index (χ1) is 5.00. The van der Waals surface area contributed by atoms with E-state index in [1.54, 1.807) is 0 Å². The third-order valence-corrected chi connectivity index (χ3v) is 1.00. The number of alkyl halides is 3. The molecule has 12 heavy (non-hydrogen) atoms. The minimum absolute atomic E-state index is 0. The summed E-state index contributed by atoms with van der Waals surface area (Å²) in [7, 11) is 0. The lowest BCUT2D eigenvalue weighted by molar-refractivity contribution is -0.137. The van der Waals surface area contributed by atoms with E-state index < -0.39 is 11.7 Å². The summed E-state index contributed by atoms with van der Waals surface area (Å²) in [5.41, 5.74) is 4.10. The molecule has 0 saturated carbocycles. The molecule has 0 atom stereocenters. The van der Waals surface area contributed by atoms with E-state index in [4.69, 9.17) is 5.73 Å². The molecule has 1 rings (SSSR count). The zero-order chi connectivity index (χ0) is 8.48. The van der Waals surface area contributed by atoms with Crippen molar-refractivity contribution in [2.45, 2.75) is 6.18 Å². The molecule has 0 fully saturated rings. The smallest absolute Gasteiger partial charge is 0.382 e. The lowest BCUT2D eigenvalue weighted by atomic mass is 10.3. The first-order valence-electron chi connectivity index (χ1n) is 2.65. The Labute approximate surface area is 72.2 Å². The molecule has 0 saturated heterocycles. The van der Waals surface area contributed by atoms with Crippen molar-refractivity contribution in [1.82, 2.24) is 10.2 Å². The molecule has 0 aliphatic rings. The van der Waals surface area contributed by atoms with Crippen LogP contribution in [-0.4, -0.2) is 10.2 Å². The Morgan fingerprint density at radius 1 is 1.33 bits per heavy atom. The van der Waals surface area contributed by atoms with E-state index in [1.807, 2.05) is 0 Å². The number of hydrogen-bond acceptors (Lipinski definition) is 3. The minimum atomic E-state index is -4.40. The van der Waals surface area contributed by atoms with Crippen LogP contribution in [-0.2, 0) is 6.18 Å². The topological polar surface area (TPSA) is 51.8 Å². The van der Waals surface area contributed by atoms with Gasteiger partial charge in [-0.3, -0.25) is 0 Å². The number of hydrogen-bond donors (Lipinski definition) is 1. The minimum Gasteiger partial charge on any atom is -0.382 e. The van der Waals surface area contributed by atoms with Crippen molar-refractivity contribution in [2.75, 3.05) is 5.73 Å². The second-order valence-electron chi connectivity index (χ2n) is 1.87. The van der Waals surface area contributed by atoms with Crippen LogP contribution in [0.5, 0.6) is 0 Å². The second kappa shape index (κ2) is 3.57. The Balaban J connectivity index is 0.00000121. The van der Waals surface area contributed by atoms with Crippen molar-refractivity contribution in [3.63, 3.8) is 0 Å². The average molecular weight is 200 g/mol. The molecular formula is C5H5ClF3N3. The zero-order valence-corrected chi connectivity index (χ0v) is 6.49. The molecule has 2 N–H and O–H groups in total. The van der Waals surface area contributed by atoms with Crippen molar-refractivity contribution in [2.24, 2.45) is 0 Å². The van der Waals surface area contributed by atoms with Gasteiger partial charge in [-0.15, -0.1) is 17.5 Å². The summed E-state index contributed by atoms with van der Waals surface area (Å²) in [6.45, 7) is 0. The molecule has 0 radical (unpaired) electrons. The van der Waals surface area contributed by atoms with Gasteiger partial charge in [-0.05, 0) is 6.07 Å². The van der Waals surface area contributed by atoms with Crippen LogP contribution in [0.25, 0.3) is 0 Å². The van der Waals surface area contributed by atoms with E-state index in [1.165, 1.54) is 0 Å². The van der Waals surface area contributed by atoms with Gasteiger partial charge in [0.05, 0.1) is 11.8 Å². The Kier molecular flexibility index (Phi) is 3.26. The quantitative estimate of drug-likeness (QED) is 0.689. The van der Waals surface area contributed by atoms with Crippen LogP contribution in [0.2, 0.25) is 0 Å². The normalized spacial score (nSPS) is 10.6. The first kappa shape index (κ1) is 11.0. The maximum atomic E-state index is 11.8. The Morgan fingerprint density at radius 3 is 2.25 bits per heavy atom. The Bertz CT molecular complexity index is 262. The van der Waals surface area contributed by atoms with Gasteiger partial charge in [-0.2, -0.15) is 18.3 Å². The van der Waals surface area contributed by atoms with E-state index in [9.17, 15) is 13.2 Å². The van der Waals surface area contributed by atoms with Crippen LogP contribution in [0.1, 0.15) is 5.56 Å². The number of anilines is 1. The summed E-state index contributed by atoms with van der Waals surface area (Å²) < 4.78 is 35.5. The van der Waals surface area contributed by atoms with E-state index in [2.05, 4.69) is 10.2 Å². The van der Waals surface area contributed by atoms with Gasteiger partial charge in [0.25, 0.3) is 0 Å². The number of nitrogens with zero attached hydrogens (tertiary/aromatic N) is 2. The maximum absolute atomic E-state index is 11.8. The van der Waals surface area contributed by atoms with Crippen LogP contribution in [0.3, 0.4) is 0 Å².